The molecule has 1 aromatic carbocycles. The van der Waals surface area contributed by atoms with Gasteiger partial charge in [0.15, 0.2) is 0 Å². The Kier molecular flexibility index (Phi) is 4.14. The quantitative estimate of drug-likeness (QED) is 0.896. The minimum absolute atomic E-state index is 0.386. The number of nitrogens with one attached hydrogen (secondary N) is 2. The van der Waals surface area contributed by atoms with Crippen LogP contribution in [0.3, 0.4) is 0 Å². The van der Waals surface area contributed by atoms with Gasteiger partial charge in [-0.1, -0.05) is 17.7 Å². The van der Waals surface area contributed by atoms with Crippen molar-refractivity contribution in [1.29, 1.82) is 0 Å². The average Bonchev–Trinajstić information content (AvgIpc) is 2.35. The lowest BCUT2D eigenvalue weighted by Gasteiger charge is -2.23. The third-order valence-electron chi connectivity index (χ3n) is 3.06. The molecule has 6 heteroatoms. The highest BCUT2D eigenvalue weighted by molar-refractivity contribution is 7.93. The number of hydrogen-bond donors (Lipinski definition) is 2. The lowest BCUT2D eigenvalue weighted by Crippen LogP contribution is -2.41. The van der Waals surface area contributed by atoms with Crippen molar-refractivity contribution in [1.82, 2.24) is 5.32 Å². The molecule has 0 spiro atoms. The zero-order valence-corrected chi connectivity index (χ0v) is 11.8. The van der Waals surface area contributed by atoms with Crippen molar-refractivity contribution >= 4 is 27.3 Å². The van der Waals surface area contributed by atoms with E-state index in [1.54, 1.807) is 12.1 Å². The van der Waals surface area contributed by atoms with Crippen LogP contribution in [0.15, 0.2) is 18.2 Å². The van der Waals surface area contributed by atoms with Gasteiger partial charge in [0.05, 0.1) is 16.0 Å². The molecule has 1 heterocycles. The Morgan fingerprint density at radius 3 is 2.89 bits per heavy atom. The number of sulfonamides is 1. The van der Waals surface area contributed by atoms with Gasteiger partial charge in [-0.25, -0.2) is 8.42 Å². The van der Waals surface area contributed by atoms with Crippen LogP contribution in [0.25, 0.3) is 0 Å². The highest BCUT2D eigenvalue weighted by Crippen LogP contribution is 2.25. The SMILES string of the molecule is Cc1ccc(Cl)c(NS(=O)(=O)C2CCCNC2)c1. The minimum Gasteiger partial charge on any atom is -0.315 e. The van der Waals surface area contributed by atoms with Crippen molar-refractivity contribution in [3.63, 3.8) is 0 Å². The second kappa shape index (κ2) is 5.47. The van der Waals surface area contributed by atoms with E-state index in [1.165, 1.54) is 0 Å². The predicted molar refractivity (Wildman–Crippen MR) is 74.6 cm³/mol. The fourth-order valence-electron chi connectivity index (χ4n) is 2.04. The average molecular weight is 289 g/mol. The Morgan fingerprint density at radius 2 is 2.22 bits per heavy atom. The second-order valence-corrected chi connectivity index (χ2v) is 6.97. The molecule has 18 heavy (non-hydrogen) atoms. The van der Waals surface area contributed by atoms with Crippen molar-refractivity contribution in [2.45, 2.75) is 25.0 Å². The smallest absolute Gasteiger partial charge is 0.236 e. The van der Waals surface area contributed by atoms with Gasteiger partial charge in [0.1, 0.15) is 0 Å². The van der Waals surface area contributed by atoms with Crippen LogP contribution in [-0.2, 0) is 10.0 Å². The summed E-state index contributed by atoms with van der Waals surface area (Å²) in [6.45, 7) is 3.28. The molecule has 0 aliphatic carbocycles. The number of hydrogen-bond acceptors (Lipinski definition) is 3. The Morgan fingerprint density at radius 1 is 1.44 bits per heavy atom. The van der Waals surface area contributed by atoms with Crippen LogP contribution >= 0.6 is 11.6 Å². The van der Waals surface area contributed by atoms with Gasteiger partial charge in [-0.3, -0.25) is 4.72 Å². The van der Waals surface area contributed by atoms with E-state index in [9.17, 15) is 8.42 Å². The Bertz CT molecular complexity index is 525. The molecular formula is C12H17ClN2O2S. The second-order valence-electron chi connectivity index (χ2n) is 4.60. The van der Waals surface area contributed by atoms with Crippen LogP contribution in [0.4, 0.5) is 5.69 Å². The van der Waals surface area contributed by atoms with E-state index >= 15 is 0 Å². The molecule has 1 aromatic rings. The summed E-state index contributed by atoms with van der Waals surface area (Å²) < 4.78 is 27.0. The number of anilines is 1. The molecule has 2 N–H and O–H groups in total. The molecule has 0 aromatic heterocycles. The van der Waals surface area contributed by atoms with E-state index in [-0.39, 0.29) is 5.25 Å². The molecule has 1 fully saturated rings. The first kappa shape index (κ1) is 13.6. The summed E-state index contributed by atoms with van der Waals surface area (Å²) >= 11 is 6.00. The van der Waals surface area contributed by atoms with Crippen molar-refractivity contribution in [3.8, 4) is 0 Å². The van der Waals surface area contributed by atoms with Crippen LogP contribution in [-0.4, -0.2) is 26.8 Å². The molecule has 100 valence electrons. The highest BCUT2D eigenvalue weighted by atomic mass is 35.5. The lowest BCUT2D eigenvalue weighted by molar-refractivity contribution is 0.499. The van der Waals surface area contributed by atoms with Crippen LogP contribution < -0.4 is 10.0 Å². The molecule has 4 nitrogen and oxygen atoms in total. The first-order chi connectivity index (χ1) is 8.49. The first-order valence-electron chi connectivity index (χ1n) is 5.97. The molecule has 0 radical (unpaired) electrons. The summed E-state index contributed by atoms with van der Waals surface area (Å²) in [4.78, 5) is 0. The maximum absolute atomic E-state index is 12.2. The maximum atomic E-state index is 12.2. The van der Waals surface area contributed by atoms with Crippen LogP contribution in [0, 0.1) is 6.92 Å². The fourth-order valence-corrected chi connectivity index (χ4v) is 3.72. The van der Waals surface area contributed by atoms with Gasteiger partial charge >= 0.3 is 0 Å². The minimum atomic E-state index is -3.37. The summed E-state index contributed by atoms with van der Waals surface area (Å²) in [5.41, 5.74) is 1.43. The molecular weight excluding hydrogens is 272 g/mol. The van der Waals surface area contributed by atoms with E-state index in [0.717, 1.165) is 18.5 Å². The van der Waals surface area contributed by atoms with E-state index in [4.69, 9.17) is 11.6 Å². The van der Waals surface area contributed by atoms with Gasteiger partial charge in [0.2, 0.25) is 10.0 Å². The predicted octanol–water partition coefficient (Wildman–Crippen LogP) is 2.14. The van der Waals surface area contributed by atoms with Gasteiger partial charge < -0.3 is 5.32 Å². The normalized spacial score (nSPS) is 20.7. The maximum Gasteiger partial charge on any atom is 0.236 e. The molecule has 0 bridgehead atoms. The van der Waals surface area contributed by atoms with Gasteiger partial charge in [-0.05, 0) is 44.0 Å². The first-order valence-corrected chi connectivity index (χ1v) is 7.90. The van der Waals surface area contributed by atoms with Crippen molar-refractivity contribution in [2.75, 3.05) is 17.8 Å². The molecule has 1 unspecified atom stereocenters. The number of rotatable bonds is 3. The highest BCUT2D eigenvalue weighted by Gasteiger charge is 2.27. The lowest BCUT2D eigenvalue weighted by atomic mass is 10.2. The summed E-state index contributed by atoms with van der Waals surface area (Å²) in [6.07, 6.45) is 1.57. The van der Waals surface area contributed by atoms with Crippen molar-refractivity contribution in [3.05, 3.63) is 28.8 Å². The van der Waals surface area contributed by atoms with Gasteiger partial charge in [-0.15, -0.1) is 0 Å². The van der Waals surface area contributed by atoms with Crippen molar-refractivity contribution in [2.24, 2.45) is 0 Å². The van der Waals surface area contributed by atoms with Crippen molar-refractivity contribution < 1.29 is 8.42 Å². The molecule has 1 saturated heterocycles. The summed E-state index contributed by atoms with van der Waals surface area (Å²) in [5, 5.41) is 3.14. The Balaban J connectivity index is 2.18. The fraction of sp³-hybridized carbons (Fsp3) is 0.500. The summed E-state index contributed by atoms with van der Waals surface area (Å²) in [6, 6.07) is 5.30. The molecule has 1 aliphatic heterocycles. The molecule has 0 saturated carbocycles. The van der Waals surface area contributed by atoms with E-state index in [2.05, 4.69) is 10.0 Å². The van der Waals surface area contributed by atoms with Crippen LogP contribution in [0.1, 0.15) is 18.4 Å². The monoisotopic (exact) mass is 288 g/mol. The topological polar surface area (TPSA) is 58.2 Å². The van der Waals surface area contributed by atoms with Gasteiger partial charge in [0.25, 0.3) is 0 Å². The molecule has 1 atom stereocenters. The summed E-state index contributed by atoms with van der Waals surface area (Å²) in [5.74, 6) is 0. The largest absolute Gasteiger partial charge is 0.315 e. The van der Waals surface area contributed by atoms with Gasteiger partial charge in [0, 0.05) is 6.54 Å². The van der Waals surface area contributed by atoms with E-state index in [0.29, 0.717) is 23.7 Å². The standard InChI is InChI=1S/C12H17ClN2O2S/c1-9-4-5-11(13)12(7-9)15-18(16,17)10-3-2-6-14-8-10/h4-5,7,10,14-15H,2-3,6,8H2,1H3. The zero-order chi connectivity index (χ0) is 13.2. The van der Waals surface area contributed by atoms with Gasteiger partial charge in [-0.2, -0.15) is 0 Å². The number of benzene rings is 1. The van der Waals surface area contributed by atoms with Crippen LogP contribution in [0.5, 0.6) is 0 Å². The van der Waals surface area contributed by atoms with E-state index in [1.807, 2.05) is 13.0 Å². The third kappa shape index (κ3) is 3.16. The number of halogens is 1. The molecule has 2 rings (SSSR count). The third-order valence-corrected chi connectivity index (χ3v) is 5.18. The zero-order valence-electron chi connectivity index (χ0n) is 10.2. The Labute approximate surface area is 113 Å². The summed E-state index contributed by atoms with van der Waals surface area (Å²) in [7, 11) is -3.37. The number of piperidine rings is 1. The van der Waals surface area contributed by atoms with Crippen LogP contribution in [0.2, 0.25) is 5.02 Å². The Hall–Kier alpha value is -0.780. The number of aryl methyl sites for hydroxylation is 1. The molecule has 1 aliphatic rings. The molecule has 0 amide bonds. The van der Waals surface area contributed by atoms with E-state index < -0.39 is 10.0 Å².